The molecular formula is C27H31N3O4. The van der Waals surface area contributed by atoms with E-state index in [9.17, 15) is 9.90 Å². The van der Waals surface area contributed by atoms with Crippen LogP contribution in [0.5, 0.6) is 5.75 Å². The van der Waals surface area contributed by atoms with E-state index in [0.29, 0.717) is 24.5 Å². The summed E-state index contributed by atoms with van der Waals surface area (Å²) in [5.41, 5.74) is 6.25. The van der Waals surface area contributed by atoms with Crippen LogP contribution in [-0.4, -0.2) is 44.7 Å². The molecule has 0 aliphatic carbocycles. The lowest BCUT2D eigenvalue weighted by Crippen LogP contribution is -2.24. The third kappa shape index (κ3) is 4.70. The zero-order valence-corrected chi connectivity index (χ0v) is 20.3. The van der Waals surface area contributed by atoms with Crippen LogP contribution in [0.15, 0.2) is 48.5 Å². The van der Waals surface area contributed by atoms with Gasteiger partial charge in [-0.2, -0.15) is 5.10 Å². The summed E-state index contributed by atoms with van der Waals surface area (Å²) in [6.45, 7) is 10.4. The van der Waals surface area contributed by atoms with Gasteiger partial charge in [0, 0.05) is 22.5 Å². The predicted molar refractivity (Wildman–Crippen MR) is 132 cm³/mol. The molecule has 7 nitrogen and oxygen atoms in total. The van der Waals surface area contributed by atoms with Crippen molar-refractivity contribution in [1.82, 2.24) is 14.3 Å². The van der Waals surface area contributed by atoms with Crippen molar-refractivity contribution >= 4 is 16.9 Å². The Morgan fingerprint density at radius 2 is 1.79 bits per heavy atom. The van der Waals surface area contributed by atoms with Crippen molar-refractivity contribution in [2.75, 3.05) is 13.2 Å². The van der Waals surface area contributed by atoms with Gasteiger partial charge in [-0.15, -0.1) is 0 Å². The average Bonchev–Trinajstić information content (AvgIpc) is 3.27. The Morgan fingerprint density at radius 1 is 1.06 bits per heavy atom. The molecule has 1 atom stereocenters. The number of aliphatic hydroxyl groups excluding tert-OH is 1. The summed E-state index contributed by atoms with van der Waals surface area (Å²) >= 11 is 0. The first-order chi connectivity index (χ1) is 16.3. The molecule has 4 aromatic rings. The Balaban J connectivity index is 1.65. The number of benzene rings is 2. The Labute approximate surface area is 199 Å². The minimum Gasteiger partial charge on any atom is -0.491 e. The van der Waals surface area contributed by atoms with E-state index in [-0.39, 0.29) is 12.6 Å². The van der Waals surface area contributed by atoms with E-state index in [2.05, 4.69) is 9.67 Å². The SMILES string of the molecule is CCOC(=O)c1c(C)n(-c2ccc(C)cc2)c2ccc(OC[C@@H](O)Cn3nc(C)cc3C)cc12. The van der Waals surface area contributed by atoms with Crippen molar-refractivity contribution in [1.29, 1.82) is 0 Å². The van der Waals surface area contributed by atoms with E-state index >= 15 is 0 Å². The van der Waals surface area contributed by atoms with Crippen LogP contribution in [0.3, 0.4) is 0 Å². The number of rotatable bonds is 8. The minimum absolute atomic E-state index is 0.107. The second-order valence-electron chi connectivity index (χ2n) is 8.60. The summed E-state index contributed by atoms with van der Waals surface area (Å²) < 4.78 is 15.1. The second kappa shape index (κ2) is 9.73. The van der Waals surface area contributed by atoms with Crippen molar-refractivity contribution in [3.63, 3.8) is 0 Å². The number of esters is 1. The molecule has 7 heteroatoms. The van der Waals surface area contributed by atoms with Crippen LogP contribution in [0, 0.1) is 27.7 Å². The first-order valence-corrected chi connectivity index (χ1v) is 11.5. The monoisotopic (exact) mass is 461 g/mol. The van der Waals surface area contributed by atoms with Crippen molar-refractivity contribution in [2.45, 2.75) is 47.3 Å². The molecule has 2 aromatic heterocycles. The van der Waals surface area contributed by atoms with Crippen molar-refractivity contribution < 1.29 is 19.4 Å². The number of hydrogen-bond acceptors (Lipinski definition) is 5. The number of hydrogen-bond donors (Lipinski definition) is 1. The maximum absolute atomic E-state index is 12.9. The Morgan fingerprint density at radius 3 is 2.44 bits per heavy atom. The largest absolute Gasteiger partial charge is 0.491 e. The van der Waals surface area contributed by atoms with Crippen molar-refractivity contribution in [3.05, 3.63) is 76.7 Å². The van der Waals surface area contributed by atoms with Gasteiger partial charge in [-0.25, -0.2) is 4.79 Å². The molecule has 0 saturated carbocycles. The molecule has 0 aliphatic heterocycles. The maximum atomic E-state index is 12.9. The van der Waals surface area contributed by atoms with Gasteiger partial charge >= 0.3 is 5.97 Å². The quantitative estimate of drug-likeness (QED) is 0.386. The molecule has 1 N–H and O–H groups in total. The van der Waals surface area contributed by atoms with Crippen LogP contribution < -0.4 is 4.74 Å². The summed E-state index contributed by atoms with van der Waals surface area (Å²) in [4.78, 5) is 12.9. The molecule has 0 bridgehead atoms. The molecule has 0 amide bonds. The highest BCUT2D eigenvalue weighted by atomic mass is 16.5. The molecule has 0 radical (unpaired) electrons. The third-order valence-corrected chi connectivity index (χ3v) is 5.88. The van der Waals surface area contributed by atoms with Gasteiger partial charge in [0.1, 0.15) is 18.5 Å². The molecule has 0 fully saturated rings. The van der Waals surface area contributed by atoms with E-state index < -0.39 is 6.10 Å². The molecule has 0 unspecified atom stereocenters. The fraction of sp³-hybridized carbons (Fsp3) is 0.333. The first-order valence-electron chi connectivity index (χ1n) is 11.5. The summed E-state index contributed by atoms with van der Waals surface area (Å²) in [7, 11) is 0. The van der Waals surface area contributed by atoms with Crippen LogP contribution in [0.2, 0.25) is 0 Å². The van der Waals surface area contributed by atoms with Gasteiger partial charge in [-0.1, -0.05) is 17.7 Å². The van der Waals surface area contributed by atoms with Crippen molar-refractivity contribution in [3.8, 4) is 11.4 Å². The van der Waals surface area contributed by atoms with Crippen LogP contribution in [-0.2, 0) is 11.3 Å². The lowest BCUT2D eigenvalue weighted by molar-refractivity contribution is 0.0527. The van der Waals surface area contributed by atoms with Crippen LogP contribution in [0.4, 0.5) is 0 Å². The Bertz CT molecular complexity index is 1320. The van der Waals surface area contributed by atoms with Crippen LogP contribution in [0.25, 0.3) is 16.6 Å². The van der Waals surface area contributed by atoms with E-state index in [1.54, 1.807) is 11.6 Å². The maximum Gasteiger partial charge on any atom is 0.340 e. The summed E-state index contributed by atoms with van der Waals surface area (Å²) in [6.07, 6.45) is -0.725. The van der Waals surface area contributed by atoms with Crippen LogP contribution >= 0.6 is 0 Å². The number of aryl methyl sites for hydroxylation is 3. The van der Waals surface area contributed by atoms with Gasteiger partial charge < -0.3 is 19.1 Å². The molecular weight excluding hydrogens is 430 g/mol. The smallest absolute Gasteiger partial charge is 0.340 e. The molecule has 0 saturated heterocycles. The molecule has 2 heterocycles. The predicted octanol–water partition coefficient (Wildman–Crippen LogP) is 4.68. The lowest BCUT2D eigenvalue weighted by atomic mass is 10.1. The molecule has 4 rings (SSSR count). The van der Waals surface area contributed by atoms with E-state index in [1.165, 1.54) is 0 Å². The standard InChI is InChI=1S/C27H31N3O4/c1-6-33-27(32)26-20(5)30(21-9-7-17(2)8-10-21)25-12-11-23(14-24(25)26)34-16-22(31)15-29-19(4)13-18(3)28-29/h7-14,22,31H,6,15-16H2,1-5H3/t22-/m0/s1. The number of carbonyl (C=O) groups is 1. The number of aliphatic hydroxyl groups is 1. The van der Waals surface area contributed by atoms with Gasteiger partial charge in [0.05, 0.1) is 29.9 Å². The number of carbonyl (C=O) groups excluding carboxylic acids is 1. The first kappa shape index (κ1) is 23.6. The third-order valence-electron chi connectivity index (χ3n) is 5.88. The molecule has 178 valence electrons. The van der Waals surface area contributed by atoms with Crippen LogP contribution in [0.1, 0.15) is 39.9 Å². The second-order valence-corrected chi connectivity index (χ2v) is 8.60. The van der Waals surface area contributed by atoms with E-state index in [0.717, 1.165) is 39.2 Å². The fourth-order valence-corrected chi connectivity index (χ4v) is 4.28. The van der Waals surface area contributed by atoms with Gasteiger partial charge in [0.15, 0.2) is 0 Å². The Kier molecular flexibility index (Phi) is 6.75. The summed E-state index contributed by atoms with van der Waals surface area (Å²) in [5.74, 6) is 0.212. The fourth-order valence-electron chi connectivity index (χ4n) is 4.28. The summed E-state index contributed by atoms with van der Waals surface area (Å²) in [5, 5.41) is 15.6. The number of nitrogens with zero attached hydrogens (tertiary/aromatic N) is 3. The van der Waals surface area contributed by atoms with Gasteiger partial charge in [0.25, 0.3) is 0 Å². The zero-order valence-electron chi connectivity index (χ0n) is 20.3. The lowest BCUT2D eigenvalue weighted by Gasteiger charge is -2.14. The highest BCUT2D eigenvalue weighted by Crippen LogP contribution is 2.32. The minimum atomic E-state index is -0.725. The molecule has 0 spiro atoms. The van der Waals surface area contributed by atoms with Gasteiger partial charge in [-0.05, 0) is 71.0 Å². The average molecular weight is 462 g/mol. The molecule has 0 aliphatic rings. The van der Waals surface area contributed by atoms with Gasteiger partial charge in [-0.3, -0.25) is 4.68 Å². The van der Waals surface area contributed by atoms with E-state index in [4.69, 9.17) is 9.47 Å². The zero-order chi connectivity index (χ0) is 24.4. The molecule has 34 heavy (non-hydrogen) atoms. The topological polar surface area (TPSA) is 78.5 Å². The number of fused-ring (bicyclic) bond motifs is 1. The highest BCUT2D eigenvalue weighted by Gasteiger charge is 2.22. The normalized spacial score (nSPS) is 12.2. The molecule has 2 aromatic carbocycles. The Hall–Kier alpha value is -3.58. The van der Waals surface area contributed by atoms with E-state index in [1.807, 2.05) is 76.2 Å². The highest BCUT2D eigenvalue weighted by molar-refractivity contribution is 6.07. The summed E-state index contributed by atoms with van der Waals surface area (Å²) in [6, 6.07) is 15.8. The van der Waals surface area contributed by atoms with Crippen molar-refractivity contribution in [2.24, 2.45) is 0 Å². The number of aromatic nitrogens is 3. The number of ether oxygens (including phenoxy) is 2. The van der Waals surface area contributed by atoms with Gasteiger partial charge in [0.2, 0.25) is 0 Å².